The van der Waals surface area contributed by atoms with Crippen LogP contribution in [0.15, 0.2) is 12.1 Å². The number of nitro benzene ring substituents is 1. The van der Waals surface area contributed by atoms with Gasteiger partial charge in [0.05, 0.1) is 17.6 Å². The van der Waals surface area contributed by atoms with Gasteiger partial charge in [-0.2, -0.15) is 0 Å². The number of hydrogen-bond donors (Lipinski definition) is 1. The van der Waals surface area contributed by atoms with Gasteiger partial charge in [-0.3, -0.25) is 10.1 Å². The first-order chi connectivity index (χ1) is 9.02. The van der Waals surface area contributed by atoms with Gasteiger partial charge in [0.2, 0.25) is 0 Å². The van der Waals surface area contributed by atoms with E-state index in [4.69, 9.17) is 4.74 Å². The number of benzene rings is 1. The fraction of sp³-hybridized carbons (Fsp3) is 0.571. The lowest BCUT2D eigenvalue weighted by Crippen LogP contribution is -2.27. The summed E-state index contributed by atoms with van der Waals surface area (Å²) in [4.78, 5) is 10.8. The monoisotopic (exact) mass is 264 g/mol. The molecule has 0 radical (unpaired) electrons. The molecule has 0 aliphatic heterocycles. The third-order valence-corrected chi connectivity index (χ3v) is 3.69. The molecule has 1 fully saturated rings. The van der Waals surface area contributed by atoms with E-state index in [1.165, 1.54) is 12.8 Å². The Hall–Kier alpha value is -1.62. The number of anilines is 1. The average Bonchev–Trinajstić information content (AvgIpc) is 3.16. The molecule has 0 saturated heterocycles. The highest BCUT2D eigenvalue weighted by Crippen LogP contribution is 2.36. The average molecular weight is 264 g/mol. The lowest BCUT2D eigenvalue weighted by Gasteiger charge is -2.19. The normalized spacial score (nSPS) is 16.2. The van der Waals surface area contributed by atoms with Crippen LogP contribution in [0.4, 0.5) is 11.4 Å². The van der Waals surface area contributed by atoms with Crippen molar-refractivity contribution < 1.29 is 9.66 Å². The fourth-order valence-electron chi connectivity index (χ4n) is 2.24. The summed E-state index contributed by atoms with van der Waals surface area (Å²) in [6.07, 6.45) is 2.33. The third kappa shape index (κ3) is 3.23. The van der Waals surface area contributed by atoms with Crippen LogP contribution in [-0.2, 0) is 4.74 Å². The first-order valence-electron chi connectivity index (χ1n) is 6.54. The molecular formula is C14H20N2O3. The Balaban J connectivity index is 2.26. The highest BCUT2D eigenvalue weighted by atomic mass is 16.6. The van der Waals surface area contributed by atoms with Crippen molar-refractivity contribution in [2.45, 2.75) is 32.7 Å². The largest absolute Gasteiger partial charge is 0.383 e. The highest BCUT2D eigenvalue weighted by Gasteiger charge is 2.32. The number of aryl methyl sites for hydroxylation is 2. The Morgan fingerprint density at radius 2 is 2.05 bits per heavy atom. The molecule has 1 atom stereocenters. The number of nitro groups is 1. The van der Waals surface area contributed by atoms with Crippen molar-refractivity contribution in [3.63, 3.8) is 0 Å². The van der Waals surface area contributed by atoms with Crippen LogP contribution in [0.25, 0.3) is 0 Å². The maximum Gasteiger partial charge on any atom is 0.292 e. The van der Waals surface area contributed by atoms with Crippen molar-refractivity contribution in [2.24, 2.45) is 5.92 Å². The number of ether oxygens (including phenoxy) is 1. The Kier molecular flexibility index (Phi) is 4.04. The number of nitrogens with one attached hydrogen (secondary N) is 1. The van der Waals surface area contributed by atoms with Gasteiger partial charge in [0.15, 0.2) is 0 Å². The first kappa shape index (κ1) is 13.8. The van der Waals surface area contributed by atoms with Crippen LogP contribution in [0.3, 0.4) is 0 Å². The van der Waals surface area contributed by atoms with E-state index >= 15 is 0 Å². The lowest BCUT2D eigenvalue weighted by atomic mass is 10.1. The molecule has 1 aliphatic rings. The molecule has 5 nitrogen and oxygen atoms in total. The van der Waals surface area contributed by atoms with Crippen molar-refractivity contribution >= 4 is 11.4 Å². The second-order valence-corrected chi connectivity index (χ2v) is 5.25. The zero-order chi connectivity index (χ0) is 14.0. The molecule has 0 bridgehead atoms. The van der Waals surface area contributed by atoms with Gasteiger partial charge < -0.3 is 10.1 Å². The van der Waals surface area contributed by atoms with Gasteiger partial charge in [0, 0.05) is 13.2 Å². The minimum Gasteiger partial charge on any atom is -0.383 e. The molecule has 0 amide bonds. The molecule has 2 rings (SSSR count). The van der Waals surface area contributed by atoms with Gasteiger partial charge in [0.1, 0.15) is 5.69 Å². The second kappa shape index (κ2) is 5.57. The van der Waals surface area contributed by atoms with Crippen LogP contribution in [0.1, 0.15) is 24.0 Å². The van der Waals surface area contributed by atoms with E-state index in [0.29, 0.717) is 18.2 Å². The maximum absolute atomic E-state index is 11.1. The maximum atomic E-state index is 11.1. The molecule has 1 aromatic rings. The van der Waals surface area contributed by atoms with E-state index in [-0.39, 0.29) is 16.7 Å². The summed E-state index contributed by atoms with van der Waals surface area (Å²) in [5.41, 5.74) is 2.74. The van der Waals surface area contributed by atoms with Crippen LogP contribution in [0, 0.1) is 29.9 Å². The van der Waals surface area contributed by atoms with Crippen LogP contribution in [0.2, 0.25) is 0 Å². The van der Waals surface area contributed by atoms with Gasteiger partial charge in [-0.15, -0.1) is 0 Å². The summed E-state index contributed by atoms with van der Waals surface area (Å²) in [5.74, 6) is 0.571. The summed E-state index contributed by atoms with van der Waals surface area (Å²) >= 11 is 0. The van der Waals surface area contributed by atoms with Gasteiger partial charge in [-0.05, 0) is 49.8 Å². The van der Waals surface area contributed by atoms with Crippen molar-refractivity contribution in [1.82, 2.24) is 0 Å². The van der Waals surface area contributed by atoms with Crippen molar-refractivity contribution in [3.05, 3.63) is 33.4 Å². The van der Waals surface area contributed by atoms with Crippen molar-refractivity contribution in [3.8, 4) is 0 Å². The predicted molar refractivity (Wildman–Crippen MR) is 74.6 cm³/mol. The standard InChI is InChI=1S/C14H20N2O3/c1-9-6-12(14(16(17)18)7-10(9)2)15-13(8-19-3)11-4-5-11/h6-7,11,13,15H,4-5,8H2,1-3H3. The summed E-state index contributed by atoms with van der Waals surface area (Å²) in [6.45, 7) is 4.43. The molecule has 19 heavy (non-hydrogen) atoms. The van der Waals surface area contributed by atoms with E-state index in [0.717, 1.165) is 11.1 Å². The van der Waals surface area contributed by atoms with Crippen molar-refractivity contribution in [2.75, 3.05) is 19.0 Å². The van der Waals surface area contributed by atoms with Crippen LogP contribution >= 0.6 is 0 Å². The van der Waals surface area contributed by atoms with Gasteiger partial charge in [0.25, 0.3) is 5.69 Å². The predicted octanol–water partition coefficient (Wildman–Crippen LogP) is 3.05. The molecule has 1 N–H and O–H groups in total. The smallest absolute Gasteiger partial charge is 0.292 e. The van der Waals surface area contributed by atoms with Crippen LogP contribution in [-0.4, -0.2) is 24.7 Å². The quantitative estimate of drug-likeness (QED) is 0.633. The summed E-state index contributed by atoms with van der Waals surface area (Å²) < 4.78 is 5.20. The highest BCUT2D eigenvalue weighted by molar-refractivity contribution is 5.65. The SMILES string of the molecule is COCC(Nc1cc(C)c(C)cc1[N+](=O)[O-])C1CC1. The Bertz CT molecular complexity index is 484. The summed E-state index contributed by atoms with van der Waals surface area (Å²) in [6, 6.07) is 3.65. The zero-order valence-corrected chi connectivity index (χ0v) is 11.6. The first-order valence-corrected chi connectivity index (χ1v) is 6.54. The number of rotatable bonds is 6. The summed E-state index contributed by atoms with van der Waals surface area (Å²) in [7, 11) is 1.66. The molecule has 1 unspecified atom stereocenters. The molecule has 0 aromatic heterocycles. The molecular weight excluding hydrogens is 244 g/mol. The third-order valence-electron chi connectivity index (χ3n) is 3.69. The minimum absolute atomic E-state index is 0.143. The Labute approximate surface area is 113 Å². The van der Waals surface area contributed by atoms with Gasteiger partial charge in [-0.25, -0.2) is 0 Å². The van der Waals surface area contributed by atoms with Crippen LogP contribution in [0.5, 0.6) is 0 Å². The van der Waals surface area contributed by atoms with Gasteiger partial charge in [-0.1, -0.05) is 0 Å². The summed E-state index contributed by atoms with van der Waals surface area (Å²) in [5, 5.41) is 14.4. The van der Waals surface area contributed by atoms with Crippen molar-refractivity contribution in [1.29, 1.82) is 0 Å². The van der Waals surface area contributed by atoms with E-state index in [1.54, 1.807) is 13.2 Å². The van der Waals surface area contributed by atoms with E-state index in [2.05, 4.69) is 5.32 Å². The Morgan fingerprint density at radius 3 is 2.58 bits per heavy atom. The zero-order valence-electron chi connectivity index (χ0n) is 11.6. The van der Waals surface area contributed by atoms with Gasteiger partial charge >= 0.3 is 0 Å². The topological polar surface area (TPSA) is 64.4 Å². The number of hydrogen-bond acceptors (Lipinski definition) is 4. The molecule has 1 aromatic carbocycles. The number of methoxy groups -OCH3 is 1. The number of nitrogens with zero attached hydrogens (tertiary/aromatic N) is 1. The second-order valence-electron chi connectivity index (χ2n) is 5.25. The van der Waals surface area contributed by atoms with Crippen LogP contribution < -0.4 is 5.32 Å². The van der Waals surface area contributed by atoms with E-state index in [1.807, 2.05) is 19.9 Å². The molecule has 1 saturated carbocycles. The van der Waals surface area contributed by atoms with E-state index < -0.39 is 0 Å². The van der Waals surface area contributed by atoms with E-state index in [9.17, 15) is 10.1 Å². The molecule has 0 heterocycles. The molecule has 104 valence electrons. The molecule has 1 aliphatic carbocycles. The minimum atomic E-state index is -0.328. The molecule has 5 heteroatoms. The fourth-order valence-corrected chi connectivity index (χ4v) is 2.24. The lowest BCUT2D eigenvalue weighted by molar-refractivity contribution is -0.384. The Morgan fingerprint density at radius 1 is 1.42 bits per heavy atom. The molecule has 0 spiro atoms.